The molecule has 0 spiro atoms. The zero-order valence-electron chi connectivity index (χ0n) is 9.50. The Labute approximate surface area is 106 Å². The van der Waals surface area contributed by atoms with Gasteiger partial charge >= 0.3 is 0 Å². The molecular formula is C13H14ClFN2. The third kappa shape index (κ3) is 3.42. The van der Waals surface area contributed by atoms with Crippen molar-refractivity contribution in [1.82, 2.24) is 4.90 Å². The van der Waals surface area contributed by atoms with Crippen molar-refractivity contribution in [3.8, 4) is 6.07 Å². The zero-order chi connectivity index (χ0) is 12.3. The number of rotatable bonds is 5. The van der Waals surface area contributed by atoms with Gasteiger partial charge in [0, 0.05) is 36.1 Å². The van der Waals surface area contributed by atoms with E-state index in [2.05, 4.69) is 11.0 Å². The van der Waals surface area contributed by atoms with Gasteiger partial charge in [0.05, 0.1) is 6.07 Å². The summed E-state index contributed by atoms with van der Waals surface area (Å²) in [5, 5.41) is 9.02. The van der Waals surface area contributed by atoms with Gasteiger partial charge in [-0.15, -0.1) is 0 Å². The van der Waals surface area contributed by atoms with E-state index in [4.69, 9.17) is 16.9 Å². The molecule has 1 aliphatic carbocycles. The van der Waals surface area contributed by atoms with Crippen LogP contribution in [0.1, 0.15) is 24.8 Å². The first kappa shape index (κ1) is 12.3. The Morgan fingerprint density at radius 2 is 2.24 bits per heavy atom. The minimum atomic E-state index is -0.264. The van der Waals surface area contributed by atoms with E-state index in [0.717, 1.165) is 12.8 Å². The molecule has 2 nitrogen and oxygen atoms in total. The third-order valence-corrected chi connectivity index (χ3v) is 3.20. The van der Waals surface area contributed by atoms with Crippen molar-refractivity contribution in [3.63, 3.8) is 0 Å². The lowest BCUT2D eigenvalue weighted by Gasteiger charge is -2.20. The Morgan fingerprint density at radius 1 is 1.47 bits per heavy atom. The van der Waals surface area contributed by atoms with Crippen LogP contribution in [0, 0.1) is 17.1 Å². The molecule has 0 radical (unpaired) electrons. The maximum atomic E-state index is 13.6. The lowest BCUT2D eigenvalue weighted by molar-refractivity contribution is 0.257. The highest BCUT2D eigenvalue weighted by molar-refractivity contribution is 6.30. The zero-order valence-corrected chi connectivity index (χ0v) is 10.3. The fourth-order valence-corrected chi connectivity index (χ4v) is 2.05. The molecular weight excluding hydrogens is 239 g/mol. The average Bonchev–Trinajstić information content (AvgIpc) is 3.11. The van der Waals surface area contributed by atoms with Crippen molar-refractivity contribution in [2.75, 3.05) is 6.54 Å². The number of benzene rings is 1. The van der Waals surface area contributed by atoms with Crippen molar-refractivity contribution in [2.45, 2.75) is 31.8 Å². The van der Waals surface area contributed by atoms with Gasteiger partial charge in [0.1, 0.15) is 5.82 Å². The molecule has 0 amide bonds. The van der Waals surface area contributed by atoms with Gasteiger partial charge in [-0.1, -0.05) is 17.7 Å². The highest BCUT2D eigenvalue weighted by atomic mass is 35.5. The summed E-state index contributed by atoms with van der Waals surface area (Å²) in [6.07, 6.45) is 2.80. The van der Waals surface area contributed by atoms with Gasteiger partial charge in [-0.05, 0) is 25.0 Å². The molecule has 0 bridgehead atoms. The highest BCUT2D eigenvalue weighted by Gasteiger charge is 2.28. The van der Waals surface area contributed by atoms with Crippen molar-refractivity contribution in [2.24, 2.45) is 0 Å². The summed E-state index contributed by atoms with van der Waals surface area (Å²) in [5.41, 5.74) is 0.652. The lowest BCUT2D eigenvalue weighted by atomic mass is 10.2. The van der Waals surface area contributed by atoms with E-state index >= 15 is 0 Å². The number of hydrogen-bond acceptors (Lipinski definition) is 2. The molecule has 90 valence electrons. The Bertz CT molecular complexity index is 438. The fraction of sp³-hybridized carbons (Fsp3) is 0.462. The van der Waals surface area contributed by atoms with Crippen molar-refractivity contribution in [1.29, 1.82) is 5.26 Å². The highest BCUT2D eigenvalue weighted by Crippen LogP contribution is 2.29. The van der Waals surface area contributed by atoms with Gasteiger partial charge in [0.15, 0.2) is 0 Å². The summed E-state index contributed by atoms with van der Waals surface area (Å²) < 4.78 is 13.6. The molecule has 0 N–H and O–H groups in total. The monoisotopic (exact) mass is 252 g/mol. The minimum Gasteiger partial charge on any atom is -0.295 e. The standard InChI is InChI=1S/C13H14ClFN2/c14-11-3-2-10(13(15)8-11)9-17(7-1-6-16)12-4-5-12/h2-3,8,12H,1,4-5,7,9H2. The molecule has 4 heteroatoms. The largest absolute Gasteiger partial charge is 0.295 e. The van der Waals surface area contributed by atoms with E-state index in [0.29, 0.717) is 36.1 Å². The molecule has 1 fully saturated rings. The van der Waals surface area contributed by atoms with Gasteiger partial charge in [-0.2, -0.15) is 5.26 Å². The number of halogens is 2. The summed E-state index contributed by atoms with van der Waals surface area (Å²) in [6, 6.07) is 7.43. The van der Waals surface area contributed by atoms with Gasteiger partial charge in [-0.25, -0.2) is 4.39 Å². The van der Waals surface area contributed by atoms with Crippen LogP contribution in [0.25, 0.3) is 0 Å². The Kier molecular flexibility index (Phi) is 3.98. The maximum absolute atomic E-state index is 13.6. The van der Waals surface area contributed by atoms with Gasteiger partial charge < -0.3 is 0 Å². The second-order valence-corrected chi connectivity index (χ2v) is 4.78. The molecule has 0 saturated heterocycles. The second kappa shape index (κ2) is 5.48. The predicted octanol–water partition coefficient (Wildman–Crippen LogP) is 3.36. The smallest absolute Gasteiger partial charge is 0.129 e. The van der Waals surface area contributed by atoms with Crippen LogP contribution in [0.2, 0.25) is 5.02 Å². The van der Waals surface area contributed by atoms with Crippen molar-refractivity contribution >= 4 is 11.6 Å². The van der Waals surface area contributed by atoms with Crippen molar-refractivity contribution < 1.29 is 4.39 Å². The van der Waals surface area contributed by atoms with Crippen LogP contribution in [-0.2, 0) is 6.54 Å². The molecule has 1 aromatic rings. The Morgan fingerprint density at radius 3 is 2.82 bits per heavy atom. The van der Waals surface area contributed by atoms with E-state index in [1.807, 2.05) is 0 Å². The third-order valence-electron chi connectivity index (χ3n) is 2.96. The van der Waals surface area contributed by atoms with E-state index in [1.165, 1.54) is 6.07 Å². The van der Waals surface area contributed by atoms with Crippen molar-refractivity contribution in [3.05, 3.63) is 34.6 Å². The SMILES string of the molecule is N#CCCN(Cc1ccc(Cl)cc1F)C1CC1. The summed E-state index contributed by atoms with van der Waals surface area (Å²) >= 11 is 5.72. The molecule has 0 aromatic heterocycles. The lowest BCUT2D eigenvalue weighted by Crippen LogP contribution is -2.27. The first-order valence-corrected chi connectivity index (χ1v) is 6.13. The molecule has 2 rings (SSSR count). The van der Waals surface area contributed by atoms with Crippen LogP contribution in [0.3, 0.4) is 0 Å². The number of hydrogen-bond donors (Lipinski definition) is 0. The predicted molar refractivity (Wildman–Crippen MR) is 65.1 cm³/mol. The first-order chi connectivity index (χ1) is 8.20. The Hall–Kier alpha value is -1.11. The Balaban J connectivity index is 2.03. The number of nitrogens with zero attached hydrogens (tertiary/aromatic N) is 2. The fourth-order valence-electron chi connectivity index (χ4n) is 1.89. The van der Waals surface area contributed by atoms with Crippen LogP contribution in [-0.4, -0.2) is 17.5 Å². The van der Waals surface area contributed by atoms with E-state index in [9.17, 15) is 4.39 Å². The van der Waals surface area contributed by atoms with Gasteiger partial charge in [0.2, 0.25) is 0 Å². The molecule has 1 aromatic carbocycles. The molecule has 0 atom stereocenters. The normalized spacial score (nSPS) is 14.9. The topological polar surface area (TPSA) is 27.0 Å². The molecule has 0 aliphatic heterocycles. The molecule has 1 saturated carbocycles. The van der Waals surface area contributed by atoms with Gasteiger partial charge in [-0.3, -0.25) is 4.90 Å². The summed E-state index contributed by atoms with van der Waals surface area (Å²) in [5.74, 6) is -0.264. The van der Waals surface area contributed by atoms with Gasteiger partial charge in [0.25, 0.3) is 0 Å². The number of nitriles is 1. The summed E-state index contributed by atoms with van der Waals surface area (Å²) in [6.45, 7) is 1.28. The first-order valence-electron chi connectivity index (χ1n) is 5.75. The second-order valence-electron chi connectivity index (χ2n) is 4.35. The van der Waals surface area contributed by atoms with E-state index < -0.39 is 0 Å². The summed E-state index contributed by atoms with van der Waals surface area (Å²) in [4.78, 5) is 2.18. The average molecular weight is 253 g/mol. The maximum Gasteiger partial charge on any atom is 0.129 e. The van der Waals surface area contributed by atoms with Crippen LogP contribution in [0.15, 0.2) is 18.2 Å². The quantitative estimate of drug-likeness (QED) is 0.804. The summed E-state index contributed by atoms with van der Waals surface area (Å²) in [7, 11) is 0. The van der Waals surface area contributed by atoms with E-state index in [1.54, 1.807) is 12.1 Å². The van der Waals surface area contributed by atoms with Crippen LogP contribution in [0.4, 0.5) is 4.39 Å². The minimum absolute atomic E-state index is 0.264. The molecule has 1 aliphatic rings. The van der Waals surface area contributed by atoms with E-state index in [-0.39, 0.29) is 5.82 Å². The molecule has 17 heavy (non-hydrogen) atoms. The van der Waals surface area contributed by atoms with Crippen LogP contribution in [0.5, 0.6) is 0 Å². The molecule has 0 unspecified atom stereocenters. The van der Waals surface area contributed by atoms with Crippen LogP contribution >= 0.6 is 11.6 Å². The van der Waals surface area contributed by atoms with Crippen LogP contribution < -0.4 is 0 Å². The molecule has 0 heterocycles.